The van der Waals surface area contributed by atoms with Gasteiger partial charge in [0.15, 0.2) is 10.8 Å². The fourth-order valence-corrected chi connectivity index (χ4v) is 4.50. The van der Waals surface area contributed by atoms with Crippen LogP contribution >= 0.6 is 35.0 Å². The van der Waals surface area contributed by atoms with Gasteiger partial charge < -0.3 is 20.5 Å². The number of rotatable bonds is 7. The predicted octanol–water partition coefficient (Wildman–Crippen LogP) is 5.10. The van der Waals surface area contributed by atoms with Crippen molar-refractivity contribution in [2.24, 2.45) is 0 Å². The number of carboxylic acid groups (broad SMARTS) is 1. The number of ketones is 1. The summed E-state index contributed by atoms with van der Waals surface area (Å²) >= 11 is 13.5. The van der Waals surface area contributed by atoms with Crippen molar-refractivity contribution in [3.8, 4) is 5.75 Å². The van der Waals surface area contributed by atoms with Crippen LogP contribution < -0.4 is 15.4 Å². The number of carbonyl (C=O) groups is 2. The molecule has 2 aromatic carbocycles. The number of aliphatic carboxylic acids is 1. The van der Waals surface area contributed by atoms with Crippen molar-refractivity contribution in [2.45, 2.75) is 24.1 Å². The maximum absolute atomic E-state index is 11.7. The average Bonchev–Trinajstić information content (AvgIpc) is 2.96. The first kappa shape index (κ1) is 20.6. The van der Waals surface area contributed by atoms with Crippen molar-refractivity contribution < 1.29 is 19.4 Å². The second kappa shape index (κ2) is 8.11. The van der Waals surface area contributed by atoms with Gasteiger partial charge in [0.05, 0.1) is 35.0 Å². The van der Waals surface area contributed by atoms with E-state index in [4.69, 9.17) is 27.9 Å². The number of benzene rings is 2. The Morgan fingerprint density at radius 2 is 1.75 bits per heavy atom. The summed E-state index contributed by atoms with van der Waals surface area (Å²) in [4.78, 5) is 22.2. The molecule has 0 aliphatic carbocycles. The first-order valence-corrected chi connectivity index (χ1v) is 10.1. The molecule has 3 N–H and O–H groups in total. The van der Waals surface area contributed by atoms with Gasteiger partial charge in [-0.05, 0) is 37.3 Å². The van der Waals surface area contributed by atoms with Crippen molar-refractivity contribution in [3.63, 3.8) is 0 Å². The summed E-state index contributed by atoms with van der Waals surface area (Å²) in [5.41, 5.74) is 2.71. The zero-order chi connectivity index (χ0) is 20.5. The molecule has 0 unspecified atom stereocenters. The predicted molar refractivity (Wildman–Crippen MR) is 113 cm³/mol. The van der Waals surface area contributed by atoms with Crippen molar-refractivity contribution in [2.75, 3.05) is 17.7 Å². The van der Waals surface area contributed by atoms with Crippen LogP contribution in [0.25, 0.3) is 0 Å². The van der Waals surface area contributed by atoms with E-state index in [1.165, 1.54) is 18.7 Å². The van der Waals surface area contributed by atoms with Crippen LogP contribution in [-0.4, -0.2) is 29.0 Å². The number of fused-ring (bicyclic) bond motifs is 1. The zero-order valence-corrected chi connectivity index (χ0v) is 17.5. The van der Waals surface area contributed by atoms with Crippen LogP contribution in [0.2, 0.25) is 10.0 Å². The summed E-state index contributed by atoms with van der Waals surface area (Å²) in [5, 5.41) is 16.6. The highest BCUT2D eigenvalue weighted by Crippen LogP contribution is 2.46. The molecule has 3 rings (SSSR count). The first-order valence-electron chi connectivity index (χ1n) is 8.32. The van der Waals surface area contributed by atoms with E-state index in [0.29, 0.717) is 38.5 Å². The monoisotopic (exact) mass is 440 g/mol. The third-order valence-electron chi connectivity index (χ3n) is 4.29. The molecular weight excluding hydrogens is 423 g/mol. The lowest BCUT2D eigenvalue weighted by Gasteiger charge is -2.29. The molecule has 1 aliphatic heterocycles. The third kappa shape index (κ3) is 4.32. The van der Waals surface area contributed by atoms with E-state index in [0.717, 1.165) is 5.56 Å². The molecule has 0 saturated heterocycles. The number of hydrogen-bond acceptors (Lipinski definition) is 6. The Kier molecular flexibility index (Phi) is 5.98. The fraction of sp³-hybridized carbons (Fsp3) is 0.263. The Balaban J connectivity index is 1.88. The molecule has 28 heavy (non-hydrogen) atoms. The van der Waals surface area contributed by atoms with E-state index in [1.807, 2.05) is 0 Å². The number of ether oxygens (including phenoxy) is 1. The highest BCUT2D eigenvalue weighted by Gasteiger charge is 2.39. The van der Waals surface area contributed by atoms with Gasteiger partial charge in [0.1, 0.15) is 5.75 Å². The van der Waals surface area contributed by atoms with E-state index in [9.17, 15) is 14.7 Å². The number of nitrogens with one attached hydrogen (secondary N) is 2. The number of anilines is 2. The van der Waals surface area contributed by atoms with Crippen LogP contribution in [0.3, 0.4) is 0 Å². The van der Waals surface area contributed by atoms with Crippen LogP contribution in [-0.2, 0) is 10.5 Å². The number of hydrogen-bond donors (Lipinski definition) is 3. The summed E-state index contributed by atoms with van der Waals surface area (Å²) in [6.45, 7) is 1.49. The summed E-state index contributed by atoms with van der Waals surface area (Å²) in [6, 6.07) is 8.52. The molecule has 0 saturated carbocycles. The quantitative estimate of drug-likeness (QED) is 0.515. The normalized spacial score (nSPS) is 14.0. The summed E-state index contributed by atoms with van der Waals surface area (Å²) in [6.07, 6.45) is -0.198. The number of carboxylic acids is 1. The minimum absolute atomic E-state index is 0.0528. The fourth-order valence-electron chi connectivity index (χ4n) is 2.96. The van der Waals surface area contributed by atoms with E-state index >= 15 is 0 Å². The lowest BCUT2D eigenvalue weighted by molar-refractivity contribution is -0.137. The lowest BCUT2D eigenvalue weighted by Crippen LogP contribution is -2.40. The Labute approximate surface area is 176 Å². The Morgan fingerprint density at radius 1 is 1.14 bits per heavy atom. The number of thioether (sulfide) groups is 1. The van der Waals surface area contributed by atoms with Crippen molar-refractivity contribution >= 4 is 58.1 Å². The maximum atomic E-state index is 11.7. The number of methoxy groups -OCH3 is 1. The second-order valence-corrected chi connectivity index (χ2v) is 8.42. The molecule has 2 aromatic rings. The van der Waals surface area contributed by atoms with Crippen molar-refractivity contribution in [1.82, 2.24) is 0 Å². The Hall–Kier alpha value is -2.09. The molecule has 9 heteroatoms. The maximum Gasteiger partial charge on any atom is 0.308 e. The van der Waals surface area contributed by atoms with Gasteiger partial charge in [-0.25, -0.2) is 0 Å². The number of carbonyl (C=O) groups excluding carboxylic acids is 1. The van der Waals surface area contributed by atoms with E-state index in [2.05, 4.69) is 10.6 Å². The molecule has 6 nitrogen and oxygen atoms in total. The van der Waals surface area contributed by atoms with Gasteiger partial charge in [-0.1, -0.05) is 23.2 Å². The Bertz CT molecular complexity index is 921. The standard InChI is InChI=1S/C19H18Cl2N2O4S/c1-10(24)11-3-4-17(27-2)12(5-11)9-28-19(8-18(25)26)22-15-6-13(20)14(21)7-16(15)23-19/h3-7,22-23H,8-9H2,1-2H3,(H,25,26). The summed E-state index contributed by atoms with van der Waals surface area (Å²) in [7, 11) is 1.55. The highest BCUT2D eigenvalue weighted by molar-refractivity contribution is 8.00. The van der Waals surface area contributed by atoms with E-state index < -0.39 is 11.0 Å². The lowest BCUT2D eigenvalue weighted by atomic mass is 10.1. The summed E-state index contributed by atoms with van der Waals surface area (Å²) in [5.74, 6) is 0.0158. The van der Waals surface area contributed by atoms with Crippen molar-refractivity contribution in [3.05, 3.63) is 51.5 Å². The van der Waals surface area contributed by atoms with Gasteiger partial charge in [-0.2, -0.15) is 0 Å². The van der Waals surface area contributed by atoms with E-state index in [1.54, 1.807) is 37.4 Å². The molecule has 0 bridgehead atoms. The number of Topliss-reactive ketones (excluding diaryl/α,β-unsaturated/α-hetero) is 1. The SMILES string of the molecule is COc1ccc(C(C)=O)cc1CSC1(CC(=O)O)Nc2cc(Cl)c(Cl)cc2N1. The first-order chi connectivity index (χ1) is 13.2. The zero-order valence-electron chi connectivity index (χ0n) is 15.1. The molecule has 0 fully saturated rings. The largest absolute Gasteiger partial charge is 0.496 e. The van der Waals surface area contributed by atoms with Crippen LogP contribution in [0.4, 0.5) is 11.4 Å². The molecule has 0 spiro atoms. The van der Waals surface area contributed by atoms with Gasteiger partial charge in [-0.15, -0.1) is 11.8 Å². The van der Waals surface area contributed by atoms with Gasteiger partial charge in [0.25, 0.3) is 0 Å². The van der Waals surface area contributed by atoms with Crippen LogP contribution in [0.5, 0.6) is 5.75 Å². The smallest absolute Gasteiger partial charge is 0.308 e. The topological polar surface area (TPSA) is 87.7 Å². The molecule has 0 atom stereocenters. The molecule has 0 radical (unpaired) electrons. The average molecular weight is 441 g/mol. The molecule has 0 aromatic heterocycles. The third-order valence-corrected chi connectivity index (χ3v) is 6.31. The van der Waals surface area contributed by atoms with Crippen LogP contribution in [0.1, 0.15) is 29.3 Å². The summed E-state index contributed by atoms with van der Waals surface area (Å²) < 4.78 is 5.39. The van der Waals surface area contributed by atoms with Crippen molar-refractivity contribution in [1.29, 1.82) is 0 Å². The van der Waals surface area contributed by atoms with Gasteiger partial charge in [0.2, 0.25) is 0 Å². The highest BCUT2D eigenvalue weighted by atomic mass is 35.5. The minimum atomic E-state index is -1.00. The minimum Gasteiger partial charge on any atom is -0.496 e. The molecular formula is C19H18Cl2N2O4S. The van der Waals surface area contributed by atoms with Gasteiger partial charge >= 0.3 is 5.97 Å². The second-order valence-electron chi connectivity index (χ2n) is 6.33. The molecule has 0 amide bonds. The van der Waals surface area contributed by atoms with Crippen LogP contribution in [0, 0.1) is 0 Å². The molecule has 1 aliphatic rings. The molecule has 1 heterocycles. The van der Waals surface area contributed by atoms with Gasteiger partial charge in [0, 0.05) is 16.9 Å². The Morgan fingerprint density at radius 3 is 2.25 bits per heavy atom. The van der Waals surface area contributed by atoms with Gasteiger partial charge in [-0.3, -0.25) is 9.59 Å². The number of halogens is 2. The van der Waals surface area contributed by atoms with Crippen LogP contribution in [0.15, 0.2) is 30.3 Å². The molecule has 148 valence electrons. The van der Waals surface area contributed by atoms with E-state index in [-0.39, 0.29) is 12.2 Å².